The Balaban J connectivity index is 2.20. The number of aliphatic carboxylic acids is 1. The van der Waals surface area contributed by atoms with Crippen molar-refractivity contribution in [1.82, 2.24) is 9.97 Å². The van der Waals surface area contributed by atoms with Crippen molar-refractivity contribution in [1.29, 1.82) is 0 Å². The van der Waals surface area contributed by atoms with Crippen LogP contribution in [-0.4, -0.2) is 21.0 Å². The molecule has 0 amide bonds. The van der Waals surface area contributed by atoms with E-state index in [-0.39, 0.29) is 6.42 Å². The van der Waals surface area contributed by atoms with E-state index in [1.165, 1.54) is 0 Å². The van der Waals surface area contributed by atoms with Gasteiger partial charge in [-0.15, -0.1) is 0 Å². The molecular formula is C12H15N3O2. The monoisotopic (exact) mass is 233 g/mol. The lowest BCUT2D eigenvalue weighted by molar-refractivity contribution is -0.137. The quantitative estimate of drug-likeness (QED) is 0.703. The number of H-pyrrole nitrogens is 1. The molecule has 5 nitrogen and oxygen atoms in total. The highest BCUT2D eigenvalue weighted by molar-refractivity contribution is 5.83. The van der Waals surface area contributed by atoms with E-state index < -0.39 is 5.97 Å². The Morgan fingerprint density at radius 2 is 2.29 bits per heavy atom. The fraction of sp³-hybridized carbons (Fsp3) is 0.333. The first-order valence-electron chi connectivity index (χ1n) is 5.53. The molecule has 0 aliphatic rings. The molecule has 0 saturated carbocycles. The van der Waals surface area contributed by atoms with E-state index in [0.717, 1.165) is 28.1 Å². The predicted octanol–water partition coefficient (Wildman–Crippen LogP) is 1.86. The number of imidazole rings is 1. The molecule has 0 aliphatic carbocycles. The Bertz CT molecular complexity index is 560. The third kappa shape index (κ3) is 2.38. The zero-order valence-corrected chi connectivity index (χ0v) is 9.66. The van der Waals surface area contributed by atoms with Crippen LogP contribution in [0.15, 0.2) is 12.1 Å². The van der Waals surface area contributed by atoms with Gasteiger partial charge in [-0.2, -0.15) is 0 Å². The second-order valence-corrected chi connectivity index (χ2v) is 4.11. The number of aromatic nitrogens is 2. The molecule has 0 atom stereocenters. The normalized spacial score (nSPS) is 10.9. The van der Waals surface area contributed by atoms with Crippen molar-refractivity contribution in [2.75, 3.05) is 5.73 Å². The topological polar surface area (TPSA) is 92.0 Å². The van der Waals surface area contributed by atoms with Gasteiger partial charge in [0.1, 0.15) is 5.82 Å². The molecule has 0 aliphatic heterocycles. The summed E-state index contributed by atoms with van der Waals surface area (Å²) in [6, 6.07) is 3.74. The van der Waals surface area contributed by atoms with Crippen LogP contribution in [0.1, 0.15) is 24.2 Å². The zero-order chi connectivity index (χ0) is 12.4. The Hall–Kier alpha value is -2.04. The van der Waals surface area contributed by atoms with E-state index in [2.05, 4.69) is 9.97 Å². The lowest BCUT2D eigenvalue weighted by atomic mass is 10.2. The SMILES string of the molecule is Cc1c(N)ccc2[nH]c(CCCC(=O)O)nc12. The number of benzene rings is 1. The molecule has 2 rings (SSSR count). The van der Waals surface area contributed by atoms with Crippen LogP contribution in [0.3, 0.4) is 0 Å². The molecule has 1 aromatic carbocycles. The molecule has 0 radical (unpaired) electrons. The number of hydrogen-bond donors (Lipinski definition) is 3. The number of nitrogens with one attached hydrogen (secondary N) is 1. The number of carboxylic acid groups (broad SMARTS) is 1. The van der Waals surface area contributed by atoms with E-state index in [1.807, 2.05) is 19.1 Å². The smallest absolute Gasteiger partial charge is 0.303 e. The minimum absolute atomic E-state index is 0.165. The summed E-state index contributed by atoms with van der Waals surface area (Å²) in [5.41, 5.74) is 9.30. The van der Waals surface area contributed by atoms with Gasteiger partial charge in [0.05, 0.1) is 11.0 Å². The maximum Gasteiger partial charge on any atom is 0.303 e. The van der Waals surface area contributed by atoms with Crippen LogP contribution in [-0.2, 0) is 11.2 Å². The van der Waals surface area contributed by atoms with Crippen LogP contribution in [0.25, 0.3) is 11.0 Å². The van der Waals surface area contributed by atoms with Gasteiger partial charge in [0, 0.05) is 18.5 Å². The Kier molecular flexibility index (Phi) is 2.99. The van der Waals surface area contributed by atoms with Gasteiger partial charge < -0.3 is 15.8 Å². The molecule has 0 fully saturated rings. The average Bonchev–Trinajstić information content (AvgIpc) is 2.67. The molecule has 5 heteroatoms. The number of carbonyl (C=O) groups is 1. The number of aryl methyl sites for hydroxylation is 2. The summed E-state index contributed by atoms with van der Waals surface area (Å²) in [5, 5.41) is 8.56. The maximum atomic E-state index is 10.4. The number of anilines is 1. The average molecular weight is 233 g/mol. The fourth-order valence-corrected chi connectivity index (χ4v) is 1.80. The number of carboxylic acids is 1. The van der Waals surface area contributed by atoms with Crippen molar-refractivity contribution in [3.05, 3.63) is 23.5 Å². The number of nitrogens with zero attached hydrogens (tertiary/aromatic N) is 1. The van der Waals surface area contributed by atoms with Gasteiger partial charge in [0.15, 0.2) is 0 Å². The molecule has 1 aromatic heterocycles. The van der Waals surface area contributed by atoms with Gasteiger partial charge >= 0.3 is 5.97 Å². The van der Waals surface area contributed by atoms with Gasteiger partial charge in [0.2, 0.25) is 0 Å². The molecule has 1 heterocycles. The zero-order valence-electron chi connectivity index (χ0n) is 9.66. The molecule has 4 N–H and O–H groups in total. The third-order valence-electron chi connectivity index (χ3n) is 2.80. The first-order valence-corrected chi connectivity index (χ1v) is 5.53. The molecule has 0 spiro atoms. The molecule has 0 unspecified atom stereocenters. The standard InChI is InChI=1S/C12H15N3O2/c1-7-8(13)5-6-9-12(7)15-10(14-9)3-2-4-11(16)17/h5-6H,2-4,13H2,1H3,(H,14,15)(H,16,17). The maximum absolute atomic E-state index is 10.4. The number of rotatable bonds is 4. The van der Waals surface area contributed by atoms with E-state index in [9.17, 15) is 4.79 Å². The highest BCUT2D eigenvalue weighted by Gasteiger charge is 2.07. The third-order valence-corrected chi connectivity index (χ3v) is 2.80. The van der Waals surface area contributed by atoms with Crippen LogP contribution in [0.4, 0.5) is 5.69 Å². The first kappa shape index (κ1) is 11.4. The van der Waals surface area contributed by atoms with Crippen molar-refractivity contribution >= 4 is 22.7 Å². The van der Waals surface area contributed by atoms with Gasteiger partial charge in [-0.05, 0) is 31.0 Å². The van der Waals surface area contributed by atoms with Gasteiger partial charge in [0.25, 0.3) is 0 Å². The number of nitrogens with two attached hydrogens (primary N) is 1. The Labute approximate surface area is 98.7 Å². The lowest BCUT2D eigenvalue weighted by Crippen LogP contribution is -1.96. The summed E-state index contributed by atoms with van der Waals surface area (Å²) in [6.45, 7) is 1.93. The summed E-state index contributed by atoms with van der Waals surface area (Å²) in [7, 11) is 0. The number of aromatic amines is 1. The minimum atomic E-state index is -0.776. The summed E-state index contributed by atoms with van der Waals surface area (Å²) in [5.74, 6) is 0.0384. The Morgan fingerprint density at radius 1 is 1.53 bits per heavy atom. The molecular weight excluding hydrogens is 218 g/mol. The van der Waals surface area contributed by atoms with Crippen LogP contribution in [0.5, 0.6) is 0 Å². The minimum Gasteiger partial charge on any atom is -0.481 e. The van der Waals surface area contributed by atoms with Crippen molar-refractivity contribution in [2.24, 2.45) is 0 Å². The molecule has 90 valence electrons. The van der Waals surface area contributed by atoms with Crippen molar-refractivity contribution in [3.63, 3.8) is 0 Å². The van der Waals surface area contributed by atoms with E-state index >= 15 is 0 Å². The van der Waals surface area contributed by atoms with Gasteiger partial charge in [-0.3, -0.25) is 4.79 Å². The largest absolute Gasteiger partial charge is 0.481 e. The number of hydrogen-bond acceptors (Lipinski definition) is 3. The van der Waals surface area contributed by atoms with E-state index in [0.29, 0.717) is 12.8 Å². The second kappa shape index (κ2) is 4.45. The fourth-order valence-electron chi connectivity index (χ4n) is 1.80. The predicted molar refractivity (Wildman–Crippen MR) is 65.8 cm³/mol. The molecule has 0 bridgehead atoms. The number of nitrogen functional groups attached to an aromatic ring is 1. The van der Waals surface area contributed by atoms with E-state index in [4.69, 9.17) is 10.8 Å². The van der Waals surface area contributed by atoms with Crippen molar-refractivity contribution in [3.8, 4) is 0 Å². The summed E-state index contributed by atoms with van der Waals surface area (Å²) < 4.78 is 0. The number of fused-ring (bicyclic) bond motifs is 1. The molecule has 2 aromatic rings. The second-order valence-electron chi connectivity index (χ2n) is 4.11. The Morgan fingerprint density at radius 3 is 3.00 bits per heavy atom. The first-order chi connectivity index (χ1) is 8.08. The van der Waals surface area contributed by atoms with E-state index in [1.54, 1.807) is 0 Å². The summed E-state index contributed by atoms with van der Waals surface area (Å²) >= 11 is 0. The van der Waals surface area contributed by atoms with Crippen molar-refractivity contribution in [2.45, 2.75) is 26.2 Å². The highest BCUT2D eigenvalue weighted by Crippen LogP contribution is 2.21. The van der Waals surface area contributed by atoms with Gasteiger partial charge in [-0.1, -0.05) is 0 Å². The molecule has 0 saturated heterocycles. The summed E-state index contributed by atoms with van der Waals surface area (Å²) in [4.78, 5) is 18.0. The molecule has 17 heavy (non-hydrogen) atoms. The van der Waals surface area contributed by atoms with Crippen LogP contribution < -0.4 is 5.73 Å². The lowest BCUT2D eigenvalue weighted by Gasteiger charge is -1.98. The van der Waals surface area contributed by atoms with Gasteiger partial charge in [-0.25, -0.2) is 4.98 Å². The summed E-state index contributed by atoms with van der Waals surface area (Å²) in [6.07, 6.45) is 1.39. The van der Waals surface area contributed by atoms with Crippen molar-refractivity contribution < 1.29 is 9.90 Å². The highest BCUT2D eigenvalue weighted by atomic mass is 16.4. The van der Waals surface area contributed by atoms with Crippen LogP contribution >= 0.6 is 0 Å². The van der Waals surface area contributed by atoms with Crippen LogP contribution in [0, 0.1) is 6.92 Å². The van der Waals surface area contributed by atoms with Crippen LogP contribution in [0.2, 0.25) is 0 Å².